The van der Waals surface area contributed by atoms with Gasteiger partial charge in [0.15, 0.2) is 23.2 Å². The first kappa shape index (κ1) is 24.5. The molecule has 7 heteroatoms. The van der Waals surface area contributed by atoms with Gasteiger partial charge in [0.05, 0.1) is 20.6 Å². The molecule has 0 fully saturated rings. The van der Waals surface area contributed by atoms with E-state index in [1.54, 1.807) is 25.3 Å². The number of guanidine groups is 1. The average Bonchev–Trinajstić information content (AvgIpc) is 2.66. The number of nitrogens with zero attached hydrogens (tertiary/aromatic N) is 1. The molecule has 1 rings (SSSR count). The molecule has 1 unspecified atom stereocenters. The van der Waals surface area contributed by atoms with Crippen molar-refractivity contribution in [1.29, 1.82) is 0 Å². The van der Waals surface area contributed by atoms with Gasteiger partial charge in [-0.3, -0.25) is 14.9 Å². The summed E-state index contributed by atoms with van der Waals surface area (Å²) in [6, 6.07) is 4.73. The lowest BCUT2D eigenvalue weighted by atomic mass is 9.93. The standard InChI is InChI=1S/C22H35N3O4/c1-7-15(4)11-18(26)17(10-14(2)3)24-22(23)25-21(27)13-16-8-9-19(28-5)20(12-16)29-6/h8-9,12,14-15,17H,7,10-11,13H2,1-6H3,(H3,23,24,25,27)/t15?,17-/m1/s1. The number of hydrogen-bond donors (Lipinski definition) is 2. The van der Waals surface area contributed by atoms with Crippen molar-refractivity contribution in [3.63, 3.8) is 0 Å². The number of carbonyl (C=O) groups is 2. The Morgan fingerprint density at radius 1 is 1.14 bits per heavy atom. The minimum atomic E-state index is -0.537. The minimum absolute atomic E-state index is 0.0290. The van der Waals surface area contributed by atoms with Crippen molar-refractivity contribution in [1.82, 2.24) is 5.32 Å². The topological polar surface area (TPSA) is 103 Å². The highest BCUT2D eigenvalue weighted by atomic mass is 16.5. The Kier molecular flexibility index (Phi) is 10.2. The molecule has 0 saturated heterocycles. The molecule has 3 N–H and O–H groups in total. The van der Waals surface area contributed by atoms with E-state index in [9.17, 15) is 9.59 Å². The van der Waals surface area contributed by atoms with Crippen LogP contribution in [0.4, 0.5) is 0 Å². The summed E-state index contributed by atoms with van der Waals surface area (Å²) in [6.45, 7) is 8.17. The van der Waals surface area contributed by atoms with Crippen molar-refractivity contribution in [2.45, 2.75) is 59.4 Å². The summed E-state index contributed by atoms with van der Waals surface area (Å²) in [6.07, 6.45) is 2.10. The number of aliphatic imine (C=N–C) groups is 1. The van der Waals surface area contributed by atoms with Crippen LogP contribution in [0.2, 0.25) is 0 Å². The summed E-state index contributed by atoms with van der Waals surface area (Å²) in [5, 5.41) is 2.58. The fourth-order valence-electron chi connectivity index (χ4n) is 2.89. The molecule has 1 amide bonds. The third kappa shape index (κ3) is 8.54. The van der Waals surface area contributed by atoms with Crippen LogP contribution in [0.15, 0.2) is 23.2 Å². The summed E-state index contributed by atoms with van der Waals surface area (Å²) >= 11 is 0. The number of carbonyl (C=O) groups excluding carboxylic acids is 2. The van der Waals surface area contributed by atoms with Gasteiger partial charge in [-0.15, -0.1) is 0 Å². The Morgan fingerprint density at radius 3 is 2.34 bits per heavy atom. The van der Waals surface area contributed by atoms with Crippen LogP contribution in [0.3, 0.4) is 0 Å². The molecule has 29 heavy (non-hydrogen) atoms. The van der Waals surface area contributed by atoms with Crippen LogP contribution in [0.25, 0.3) is 0 Å². The Bertz CT molecular complexity index is 716. The third-order valence-corrected chi connectivity index (χ3v) is 4.69. The van der Waals surface area contributed by atoms with Crippen LogP contribution in [0, 0.1) is 11.8 Å². The van der Waals surface area contributed by atoms with Crippen molar-refractivity contribution >= 4 is 17.6 Å². The number of hydrogen-bond acceptors (Lipinski definition) is 5. The molecule has 0 heterocycles. The second-order valence-electron chi connectivity index (χ2n) is 7.76. The zero-order valence-electron chi connectivity index (χ0n) is 18.5. The SMILES string of the molecule is CCC(C)CC(=O)[C@@H](CC(C)C)N=C(N)NC(=O)Cc1ccc(OC)c(OC)c1. The lowest BCUT2D eigenvalue weighted by Crippen LogP contribution is -2.39. The molecule has 0 aromatic heterocycles. The lowest BCUT2D eigenvalue weighted by molar-refractivity contribution is -0.121. The predicted octanol–water partition coefficient (Wildman–Crippen LogP) is 3.10. The van der Waals surface area contributed by atoms with Crippen molar-refractivity contribution in [2.24, 2.45) is 22.6 Å². The van der Waals surface area contributed by atoms with Gasteiger partial charge in [-0.25, -0.2) is 4.99 Å². The molecule has 0 aliphatic heterocycles. The van der Waals surface area contributed by atoms with Crippen LogP contribution >= 0.6 is 0 Å². The maximum absolute atomic E-state index is 12.6. The van der Waals surface area contributed by atoms with Gasteiger partial charge in [0.2, 0.25) is 5.91 Å². The van der Waals surface area contributed by atoms with Gasteiger partial charge in [0.1, 0.15) is 6.04 Å². The van der Waals surface area contributed by atoms with Crippen LogP contribution < -0.4 is 20.5 Å². The summed E-state index contributed by atoms with van der Waals surface area (Å²) < 4.78 is 10.5. The number of benzene rings is 1. The largest absolute Gasteiger partial charge is 0.493 e. The van der Waals surface area contributed by atoms with E-state index in [1.165, 1.54) is 7.11 Å². The Labute approximate surface area is 174 Å². The molecule has 0 saturated carbocycles. The Balaban J connectivity index is 2.81. The number of methoxy groups -OCH3 is 2. The molecular formula is C22H35N3O4. The molecule has 2 atom stereocenters. The number of rotatable bonds is 11. The van der Waals surface area contributed by atoms with E-state index in [0.717, 1.165) is 12.0 Å². The fraction of sp³-hybridized carbons (Fsp3) is 0.591. The molecule has 7 nitrogen and oxygen atoms in total. The predicted molar refractivity (Wildman–Crippen MR) is 115 cm³/mol. The fourth-order valence-corrected chi connectivity index (χ4v) is 2.89. The van der Waals surface area contributed by atoms with Crippen LogP contribution in [-0.2, 0) is 16.0 Å². The third-order valence-electron chi connectivity index (χ3n) is 4.69. The summed E-state index contributed by atoms with van der Waals surface area (Å²) in [5.41, 5.74) is 6.68. The highest BCUT2D eigenvalue weighted by Crippen LogP contribution is 2.27. The monoisotopic (exact) mass is 405 g/mol. The number of ketones is 1. The second kappa shape index (κ2) is 12.1. The number of nitrogens with one attached hydrogen (secondary N) is 1. The van der Waals surface area contributed by atoms with Gasteiger partial charge in [0, 0.05) is 6.42 Å². The Morgan fingerprint density at radius 2 is 1.79 bits per heavy atom. The van der Waals surface area contributed by atoms with E-state index in [4.69, 9.17) is 15.2 Å². The molecule has 0 radical (unpaired) electrons. The Hall–Kier alpha value is -2.57. The summed E-state index contributed by atoms with van der Waals surface area (Å²) in [4.78, 5) is 29.3. The van der Waals surface area contributed by atoms with E-state index in [1.807, 2.05) is 20.8 Å². The number of amides is 1. The quantitative estimate of drug-likeness (QED) is 0.435. The van der Waals surface area contributed by atoms with Crippen LogP contribution in [-0.4, -0.2) is 37.9 Å². The summed E-state index contributed by atoms with van der Waals surface area (Å²) in [5.74, 6) is 1.45. The summed E-state index contributed by atoms with van der Waals surface area (Å²) in [7, 11) is 3.09. The highest BCUT2D eigenvalue weighted by molar-refractivity contribution is 5.98. The van der Waals surface area contributed by atoms with Gasteiger partial charge in [-0.1, -0.05) is 40.2 Å². The first-order valence-electron chi connectivity index (χ1n) is 10.1. The maximum Gasteiger partial charge on any atom is 0.231 e. The average molecular weight is 406 g/mol. The molecule has 162 valence electrons. The molecule has 1 aromatic rings. The van der Waals surface area contributed by atoms with E-state index in [2.05, 4.69) is 17.2 Å². The molecule has 0 aliphatic rings. The van der Waals surface area contributed by atoms with E-state index in [0.29, 0.717) is 36.2 Å². The normalized spacial score (nSPS) is 13.7. The second-order valence-corrected chi connectivity index (χ2v) is 7.76. The first-order valence-corrected chi connectivity index (χ1v) is 10.1. The van der Waals surface area contributed by atoms with Crippen molar-refractivity contribution in [2.75, 3.05) is 14.2 Å². The van der Waals surface area contributed by atoms with Gasteiger partial charge in [-0.2, -0.15) is 0 Å². The van der Waals surface area contributed by atoms with Gasteiger partial charge < -0.3 is 15.2 Å². The molecule has 0 aliphatic carbocycles. The molecule has 0 bridgehead atoms. The highest BCUT2D eigenvalue weighted by Gasteiger charge is 2.21. The maximum atomic E-state index is 12.6. The minimum Gasteiger partial charge on any atom is -0.493 e. The zero-order valence-corrected chi connectivity index (χ0v) is 18.5. The number of nitrogens with two attached hydrogens (primary N) is 1. The zero-order chi connectivity index (χ0) is 22.0. The molecular weight excluding hydrogens is 370 g/mol. The van der Waals surface area contributed by atoms with Gasteiger partial charge in [0.25, 0.3) is 0 Å². The lowest BCUT2D eigenvalue weighted by Gasteiger charge is -2.17. The van der Waals surface area contributed by atoms with E-state index >= 15 is 0 Å². The van der Waals surface area contributed by atoms with Gasteiger partial charge >= 0.3 is 0 Å². The van der Waals surface area contributed by atoms with Crippen LogP contribution in [0.5, 0.6) is 11.5 Å². The number of Topliss-reactive ketones (excluding diaryl/α,β-unsaturated/α-hetero) is 1. The van der Waals surface area contributed by atoms with E-state index in [-0.39, 0.29) is 24.1 Å². The van der Waals surface area contributed by atoms with E-state index < -0.39 is 6.04 Å². The van der Waals surface area contributed by atoms with Crippen LogP contribution in [0.1, 0.15) is 52.5 Å². The molecule has 1 aromatic carbocycles. The number of ether oxygens (including phenoxy) is 2. The van der Waals surface area contributed by atoms with Crippen molar-refractivity contribution < 1.29 is 19.1 Å². The molecule has 0 spiro atoms. The van der Waals surface area contributed by atoms with Gasteiger partial charge in [-0.05, 0) is 36.0 Å². The smallest absolute Gasteiger partial charge is 0.231 e. The van der Waals surface area contributed by atoms with Crippen molar-refractivity contribution in [3.8, 4) is 11.5 Å². The first-order chi connectivity index (χ1) is 13.7. The van der Waals surface area contributed by atoms with Crippen molar-refractivity contribution in [3.05, 3.63) is 23.8 Å².